The maximum atomic E-state index is 10.6. The number of carbonyl (C=O) groups is 1. The molecule has 1 aromatic carbocycles. The summed E-state index contributed by atoms with van der Waals surface area (Å²) in [6.45, 7) is 2.44. The average Bonchev–Trinajstić information content (AvgIpc) is 2.72. The molecule has 1 aliphatic rings. The van der Waals surface area contributed by atoms with Gasteiger partial charge >= 0.3 is 0 Å². The third kappa shape index (κ3) is 3.20. The molecule has 0 aliphatic carbocycles. The number of amides is 1. The highest BCUT2D eigenvalue weighted by Gasteiger charge is 2.22. The van der Waals surface area contributed by atoms with Gasteiger partial charge in [-0.05, 0) is 19.0 Å². The SMILES string of the molecule is NC(=O)CCCNCC1COc2ccccc21. The minimum atomic E-state index is -0.235. The molecule has 0 saturated carbocycles. The minimum Gasteiger partial charge on any atom is -0.493 e. The zero-order chi connectivity index (χ0) is 12.1. The fourth-order valence-corrected chi connectivity index (χ4v) is 2.06. The van der Waals surface area contributed by atoms with Crippen LogP contribution in [0.5, 0.6) is 5.75 Å². The number of primary amides is 1. The fourth-order valence-electron chi connectivity index (χ4n) is 2.06. The van der Waals surface area contributed by atoms with Gasteiger partial charge in [0.25, 0.3) is 0 Å². The van der Waals surface area contributed by atoms with Crippen LogP contribution in [0.3, 0.4) is 0 Å². The third-order valence-electron chi connectivity index (χ3n) is 2.97. The van der Waals surface area contributed by atoms with Crippen LogP contribution in [0, 0.1) is 0 Å². The van der Waals surface area contributed by atoms with E-state index in [0.29, 0.717) is 12.3 Å². The van der Waals surface area contributed by atoms with Crippen LogP contribution in [-0.4, -0.2) is 25.6 Å². The van der Waals surface area contributed by atoms with Gasteiger partial charge in [-0.3, -0.25) is 4.79 Å². The second kappa shape index (κ2) is 5.68. The van der Waals surface area contributed by atoms with E-state index in [9.17, 15) is 4.79 Å². The number of hydrogen-bond acceptors (Lipinski definition) is 3. The molecule has 17 heavy (non-hydrogen) atoms. The molecule has 0 bridgehead atoms. The molecule has 1 heterocycles. The van der Waals surface area contributed by atoms with Crippen LogP contribution in [0.15, 0.2) is 24.3 Å². The van der Waals surface area contributed by atoms with Crippen molar-refractivity contribution in [3.8, 4) is 5.75 Å². The normalized spacial score (nSPS) is 17.5. The van der Waals surface area contributed by atoms with Crippen molar-refractivity contribution in [3.05, 3.63) is 29.8 Å². The Labute approximate surface area is 101 Å². The number of benzene rings is 1. The van der Waals surface area contributed by atoms with E-state index in [-0.39, 0.29) is 5.91 Å². The van der Waals surface area contributed by atoms with Crippen LogP contribution in [0.1, 0.15) is 24.3 Å². The topological polar surface area (TPSA) is 64.4 Å². The Bertz CT molecular complexity index is 393. The summed E-state index contributed by atoms with van der Waals surface area (Å²) in [5, 5.41) is 3.34. The Kier molecular flexibility index (Phi) is 3.98. The zero-order valence-corrected chi connectivity index (χ0v) is 9.82. The lowest BCUT2D eigenvalue weighted by Crippen LogP contribution is -2.24. The predicted octanol–water partition coefficient (Wildman–Crippen LogP) is 1.02. The standard InChI is InChI=1S/C13H18N2O2/c14-13(16)6-3-7-15-8-10-9-17-12-5-2-1-4-11(10)12/h1-2,4-5,10,15H,3,6-9H2,(H2,14,16). The number of nitrogens with two attached hydrogens (primary N) is 1. The van der Waals surface area contributed by atoms with Gasteiger partial charge in [-0.2, -0.15) is 0 Å². The first-order valence-corrected chi connectivity index (χ1v) is 5.98. The molecule has 4 heteroatoms. The maximum absolute atomic E-state index is 10.6. The molecule has 1 aliphatic heterocycles. The molecule has 0 fully saturated rings. The Morgan fingerprint density at radius 3 is 3.12 bits per heavy atom. The van der Waals surface area contributed by atoms with Gasteiger partial charge in [0.05, 0.1) is 6.61 Å². The molecule has 1 unspecified atom stereocenters. The van der Waals surface area contributed by atoms with Crippen LogP contribution >= 0.6 is 0 Å². The van der Waals surface area contributed by atoms with Crippen molar-refractivity contribution in [2.45, 2.75) is 18.8 Å². The molecule has 0 saturated heterocycles. The van der Waals surface area contributed by atoms with Crippen molar-refractivity contribution >= 4 is 5.91 Å². The van der Waals surface area contributed by atoms with E-state index in [1.807, 2.05) is 18.2 Å². The summed E-state index contributed by atoms with van der Waals surface area (Å²) in [5.74, 6) is 1.18. The molecule has 2 rings (SSSR count). The average molecular weight is 234 g/mol. The molecule has 0 radical (unpaired) electrons. The number of fused-ring (bicyclic) bond motifs is 1. The van der Waals surface area contributed by atoms with Crippen LogP contribution in [0.2, 0.25) is 0 Å². The quantitative estimate of drug-likeness (QED) is 0.722. The molecule has 1 atom stereocenters. The first-order valence-electron chi connectivity index (χ1n) is 5.98. The fraction of sp³-hybridized carbons (Fsp3) is 0.462. The maximum Gasteiger partial charge on any atom is 0.217 e. The zero-order valence-electron chi connectivity index (χ0n) is 9.82. The third-order valence-corrected chi connectivity index (χ3v) is 2.97. The van der Waals surface area contributed by atoms with E-state index >= 15 is 0 Å². The van der Waals surface area contributed by atoms with E-state index in [1.54, 1.807) is 0 Å². The largest absolute Gasteiger partial charge is 0.493 e. The lowest BCUT2D eigenvalue weighted by atomic mass is 10.0. The second-order valence-electron chi connectivity index (χ2n) is 4.32. The van der Waals surface area contributed by atoms with Crippen LogP contribution in [0.4, 0.5) is 0 Å². The molecular formula is C13H18N2O2. The Hall–Kier alpha value is -1.55. The number of ether oxygens (including phenoxy) is 1. The molecule has 1 amide bonds. The van der Waals surface area contributed by atoms with Crippen molar-refractivity contribution in [1.29, 1.82) is 0 Å². The molecule has 4 nitrogen and oxygen atoms in total. The van der Waals surface area contributed by atoms with Crippen molar-refractivity contribution in [1.82, 2.24) is 5.32 Å². The molecule has 0 spiro atoms. The smallest absolute Gasteiger partial charge is 0.217 e. The number of rotatable bonds is 6. The Balaban J connectivity index is 1.73. The summed E-state index contributed by atoms with van der Waals surface area (Å²) in [5.41, 5.74) is 6.35. The number of para-hydroxylation sites is 1. The Morgan fingerprint density at radius 1 is 1.47 bits per heavy atom. The second-order valence-corrected chi connectivity index (χ2v) is 4.32. The van der Waals surface area contributed by atoms with Gasteiger partial charge in [0.2, 0.25) is 5.91 Å². The highest BCUT2D eigenvalue weighted by molar-refractivity contribution is 5.73. The lowest BCUT2D eigenvalue weighted by Gasteiger charge is -2.09. The summed E-state index contributed by atoms with van der Waals surface area (Å²) >= 11 is 0. The van der Waals surface area contributed by atoms with Crippen molar-refractivity contribution in [3.63, 3.8) is 0 Å². The van der Waals surface area contributed by atoms with Crippen molar-refractivity contribution < 1.29 is 9.53 Å². The number of carbonyl (C=O) groups excluding carboxylic acids is 1. The van der Waals surface area contributed by atoms with Crippen LogP contribution in [-0.2, 0) is 4.79 Å². The van der Waals surface area contributed by atoms with Gasteiger partial charge in [0, 0.05) is 24.4 Å². The van der Waals surface area contributed by atoms with Crippen LogP contribution < -0.4 is 15.8 Å². The number of hydrogen-bond donors (Lipinski definition) is 2. The summed E-state index contributed by atoms with van der Waals surface area (Å²) in [6.07, 6.45) is 1.25. The summed E-state index contributed by atoms with van der Waals surface area (Å²) in [7, 11) is 0. The Morgan fingerprint density at radius 2 is 2.29 bits per heavy atom. The molecule has 1 aromatic rings. The van der Waals surface area contributed by atoms with E-state index < -0.39 is 0 Å². The highest BCUT2D eigenvalue weighted by Crippen LogP contribution is 2.32. The van der Waals surface area contributed by atoms with Crippen molar-refractivity contribution in [2.75, 3.05) is 19.7 Å². The lowest BCUT2D eigenvalue weighted by molar-refractivity contribution is -0.118. The van der Waals surface area contributed by atoms with Gasteiger partial charge in [0.15, 0.2) is 0 Å². The molecule has 3 N–H and O–H groups in total. The van der Waals surface area contributed by atoms with Gasteiger partial charge in [-0.25, -0.2) is 0 Å². The monoisotopic (exact) mass is 234 g/mol. The van der Waals surface area contributed by atoms with Gasteiger partial charge in [-0.1, -0.05) is 18.2 Å². The summed E-state index contributed by atoms with van der Waals surface area (Å²) in [4.78, 5) is 10.6. The highest BCUT2D eigenvalue weighted by atomic mass is 16.5. The minimum absolute atomic E-state index is 0.235. The first kappa shape index (κ1) is 11.9. The van der Waals surface area contributed by atoms with Gasteiger partial charge in [0.1, 0.15) is 5.75 Å². The van der Waals surface area contributed by atoms with E-state index in [4.69, 9.17) is 10.5 Å². The van der Waals surface area contributed by atoms with Crippen LogP contribution in [0.25, 0.3) is 0 Å². The molecule has 0 aromatic heterocycles. The summed E-state index contributed by atoms with van der Waals surface area (Å²) < 4.78 is 5.59. The van der Waals surface area contributed by atoms with Crippen molar-refractivity contribution in [2.24, 2.45) is 5.73 Å². The van der Waals surface area contributed by atoms with E-state index in [2.05, 4.69) is 11.4 Å². The molecular weight excluding hydrogens is 216 g/mol. The van der Waals surface area contributed by atoms with E-state index in [0.717, 1.165) is 31.9 Å². The van der Waals surface area contributed by atoms with Gasteiger partial charge in [-0.15, -0.1) is 0 Å². The number of nitrogens with one attached hydrogen (secondary N) is 1. The van der Waals surface area contributed by atoms with E-state index in [1.165, 1.54) is 5.56 Å². The van der Waals surface area contributed by atoms with Gasteiger partial charge < -0.3 is 15.8 Å². The summed E-state index contributed by atoms with van der Waals surface area (Å²) in [6, 6.07) is 8.13. The predicted molar refractivity (Wildman–Crippen MR) is 66.0 cm³/mol. The first-order chi connectivity index (χ1) is 8.27. The molecule has 92 valence electrons.